The van der Waals surface area contributed by atoms with E-state index in [-0.39, 0.29) is 0 Å². The zero-order valence-electron chi connectivity index (χ0n) is 8.46. The third kappa shape index (κ3) is 3.45. The van der Waals surface area contributed by atoms with E-state index in [2.05, 4.69) is 18.9 Å². The molecule has 0 saturated carbocycles. The lowest BCUT2D eigenvalue weighted by atomic mass is 10.8. The van der Waals surface area contributed by atoms with Crippen LogP contribution in [0.15, 0.2) is 5.10 Å². The molecule has 0 aliphatic carbocycles. The fraction of sp³-hybridized carbons (Fsp3) is 0.667. The van der Waals surface area contributed by atoms with Gasteiger partial charge in [0.05, 0.1) is 7.11 Å². The standard InChI is InChI=1S/C6H13N2O5P/c1-8(7-5-6(9)11-2)14(10,12-3)13-4/h5H,1-4H3/b7-5+. The largest absolute Gasteiger partial charge is 0.465 e. The molecule has 0 aliphatic rings. The lowest BCUT2D eigenvalue weighted by Gasteiger charge is -2.20. The Bertz CT molecular complexity index is 259. The maximum Gasteiger partial charge on any atom is 0.450 e. The predicted molar refractivity (Wildman–Crippen MR) is 49.9 cm³/mol. The van der Waals surface area contributed by atoms with Gasteiger partial charge in [-0.15, -0.1) is 0 Å². The molecule has 0 fully saturated rings. The first kappa shape index (κ1) is 13.1. The Labute approximate surface area is 82.2 Å². The summed E-state index contributed by atoms with van der Waals surface area (Å²) in [6.07, 6.45) is 0.866. The molecule has 7 nitrogen and oxygen atoms in total. The second-order valence-electron chi connectivity index (χ2n) is 2.09. The molecule has 0 bridgehead atoms. The average molecular weight is 224 g/mol. The van der Waals surface area contributed by atoms with Crippen molar-refractivity contribution in [1.82, 2.24) is 4.78 Å². The first-order valence-electron chi connectivity index (χ1n) is 3.57. The highest BCUT2D eigenvalue weighted by atomic mass is 31.2. The van der Waals surface area contributed by atoms with Gasteiger partial charge < -0.3 is 4.74 Å². The maximum absolute atomic E-state index is 11.6. The van der Waals surface area contributed by atoms with E-state index in [1.165, 1.54) is 28.4 Å². The molecule has 0 heterocycles. The second kappa shape index (κ2) is 5.74. The zero-order valence-corrected chi connectivity index (χ0v) is 9.35. The summed E-state index contributed by atoms with van der Waals surface area (Å²) in [5.74, 6) is -0.657. The van der Waals surface area contributed by atoms with Crippen molar-refractivity contribution in [3.05, 3.63) is 0 Å². The fourth-order valence-electron chi connectivity index (χ4n) is 0.558. The van der Waals surface area contributed by atoms with Crippen molar-refractivity contribution in [2.75, 3.05) is 28.4 Å². The van der Waals surface area contributed by atoms with E-state index in [1.54, 1.807) is 0 Å². The number of hydrazone groups is 1. The molecule has 0 amide bonds. The van der Waals surface area contributed by atoms with Crippen molar-refractivity contribution in [2.24, 2.45) is 5.10 Å². The van der Waals surface area contributed by atoms with Gasteiger partial charge in [-0.05, 0) is 0 Å². The van der Waals surface area contributed by atoms with Crippen molar-refractivity contribution < 1.29 is 23.1 Å². The van der Waals surface area contributed by atoms with Crippen molar-refractivity contribution >= 4 is 19.9 Å². The summed E-state index contributed by atoms with van der Waals surface area (Å²) in [4.78, 5) is 10.7. The van der Waals surface area contributed by atoms with Crippen molar-refractivity contribution in [3.8, 4) is 0 Å². The van der Waals surface area contributed by atoms with Crippen molar-refractivity contribution in [3.63, 3.8) is 0 Å². The van der Waals surface area contributed by atoms with E-state index >= 15 is 0 Å². The molecule has 8 heteroatoms. The normalized spacial score (nSPS) is 11.7. The molecule has 0 N–H and O–H groups in total. The third-order valence-electron chi connectivity index (χ3n) is 1.35. The first-order chi connectivity index (χ1) is 6.50. The van der Waals surface area contributed by atoms with E-state index in [9.17, 15) is 9.36 Å². The minimum absolute atomic E-state index is 0.657. The van der Waals surface area contributed by atoms with Gasteiger partial charge in [0.25, 0.3) is 0 Å². The van der Waals surface area contributed by atoms with Crippen LogP contribution < -0.4 is 0 Å². The van der Waals surface area contributed by atoms with Crippen molar-refractivity contribution in [2.45, 2.75) is 0 Å². The number of esters is 1. The summed E-state index contributed by atoms with van der Waals surface area (Å²) in [5.41, 5.74) is 0. The summed E-state index contributed by atoms with van der Waals surface area (Å²) in [6, 6.07) is 0. The number of ether oxygens (including phenoxy) is 1. The van der Waals surface area contributed by atoms with Gasteiger partial charge in [0, 0.05) is 21.3 Å². The van der Waals surface area contributed by atoms with Gasteiger partial charge in [-0.2, -0.15) is 5.10 Å². The van der Waals surface area contributed by atoms with Crippen LogP contribution in [0.2, 0.25) is 0 Å². The Morgan fingerprint density at radius 2 is 1.86 bits per heavy atom. The monoisotopic (exact) mass is 224 g/mol. The number of carbonyl (C=O) groups excluding carboxylic acids is 1. The molecule has 0 unspecified atom stereocenters. The highest BCUT2D eigenvalue weighted by Crippen LogP contribution is 2.49. The van der Waals surface area contributed by atoms with Gasteiger partial charge in [-0.25, -0.2) is 14.1 Å². The van der Waals surface area contributed by atoms with Crippen LogP contribution in [0.3, 0.4) is 0 Å². The van der Waals surface area contributed by atoms with Gasteiger partial charge in [-0.3, -0.25) is 9.05 Å². The topological polar surface area (TPSA) is 77.4 Å². The van der Waals surface area contributed by atoms with Gasteiger partial charge >= 0.3 is 13.7 Å². The SMILES string of the molecule is COC(=O)/C=N/N(C)P(=O)(OC)OC. The number of rotatable bonds is 5. The molecule has 0 aliphatic heterocycles. The Kier molecular flexibility index (Phi) is 5.37. The summed E-state index contributed by atoms with van der Waals surface area (Å²) >= 11 is 0. The maximum atomic E-state index is 11.6. The van der Waals surface area contributed by atoms with Crippen LogP contribution in [0.5, 0.6) is 0 Å². The van der Waals surface area contributed by atoms with E-state index in [0.717, 1.165) is 11.0 Å². The molecule has 0 radical (unpaired) electrons. The smallest absolute Gasteiger partial charge is 0.450 e. The Morgan fingerprint density at radius 3 is 2.21 bits per heavy atom. The molecule has 0 aromatic carbocycles. The van der Waals surface area contributed by atoms with Gasteiger partial charge in [-0.1, -0.05) is 0 Å². The highest BCUT2D eigenvalue weighted by Gasteiger charge is 2.26. The molecule has 82 valence electrons. The van der Waals surface area contributed by atoms with Gasteiger partial charge in [0.15, 0.2) is 0 Å². The van der Waals surface area contributed by atoms with Gasteiger partial charge in [0.2, 0.25) is 0 Å². The molecule has 0 rings (SSSR count). The van der Waals surface area contributed by atoms with Crippen LogP contribution in [-0.2, 0) is 23.1 Å². The van der Waals surface area contributed by atoms with Crippen molar-refractivity contribution in [1.29, 1.82) is 0 Å². The van der Waals surface area contributed by atoms with E-state index in [1.807, 2.05) is 0 Å². The number of methoxy groups -OCH3 is 1. The molecule has 14 heavy (non-hydrogen) atoms. The lowest BCUT2D eigenvalue weighted by molar-refractivity contribution is -0.132. The van der Waals surface area contributed by atoms with E-state index in [4.69, 9.17) is 0 Å². The Balaban J connectivity index is 4.47. The second-order valence-corrected chi connectivity index (χ2v) is 4.34. The van der Waals surface area contributed by atoms with Crippen LogP contribution in [0.25, 0.3) is 0 Å². The third-order valence-corrected chi connectivity index (χ3v) is 3.08. The minimum Gasteiger partial charge on any atom is -0.465 e. The minimum atomic E-state index is -3.41. The zero-order chi connectivity index (χ0) is 11.2. The summed E-state index contributed by atoms with van der Waals surface area (Å²) in [6.45, 7) is 0. The molecule has 0 spiro atoms. The summed E-state index contributed by atoms with van der Waals surface area (Å²) < 4.78 is 26.0. The summed E-state index contributed by atoms with van der Waals surface area (Å²) in [7, 11) is 1.59. The number of hydrogen-bond acceptors (Lipinski definition) is 6. The lowest BCUT2D eigenvalue weighted by Crippen LogP contribution is -2.13. The number of hydrogen-bond donors (Lipinski definition) is 0. The van der Waals surface area contributed by atoms with Crippen LogP contribution >= 0.6 is 7.75 Å². The molecule has 0 aromatic heterocycles. The van der Waals surface area contributed by atoms with Gasteiger partial charge in [0.1, 0.15) is 6.21 Å². The molecule has 0 saturated heterocycles. The quantitative estimate of drug-likeness (QED) is 0.292. The molecular formula is C6H13N2O5P. The molecular weight excluding hydrogens is 211 g/mol. The predicted octanol–water partition coefficient (Wildman–Crippen LogP) is 0.478. The number of nitrogens with zero attached hydrogens (tertiary/aromatic N) is 2. The molecule has 0 atom stereocenters. The highest BCUT2D eigenvalue weighted by molar-refractivity contribution is 7.51. The van der Waals surface area contributed by atoms with E-state index < -0.39 is 13.7 Å². The van der Waals surface area contributed by atoms with E-state index in [0.29, 0.717) is 0 Å². The van der Waals surface area contributed by atoms with Crippen LogP contribution in [0.1, 0.15) is 0 Å². The Morgan fingerprint density at radius 1 is 1.36 bits per heavy atom. The number of carbonyl (C=O) groups is 1. The molecule has 0 aromatic rings. The first-order valence-corrected chi connectivity index (χ1v) is 5.07. The van der Waals surface area contributed by atoms with Crippen LogP contribution in [-0.4, -0.2) is 45.3 Å². The fourth-order valence-corrected chi connectivity index (χ4v) is 1.36. The average Bonchev–Trinajstić information content (AvgIpc) is 2.23. The van der Waals surface area contributed by atoms with Crippen LogP contribution in [0, 0.1) is 0 Å². The van der Waals surface area contributed by atoms with Crippen LogP contribution in [0.4, 0.5) is 0 Å². The summed E-state index contributed by atoms with van der Waals surface area (Å²) in [5, 5.41) is 3.53. The Hall–Kier alpha value is -0.910.